The Balaban J connectivity index is 1.47. The van der Waals surface area contributed by atoms with Gasteiger partial charge >= 0.3 is 0 Å². The van der Waals surface area contributed by atoms with Crippen molar-refractivity contribution in [2.45, 2.75) is 25.0 Å². The Kier molecular flexibility index (Phi) is 5.66. The van der Waals surface area contributed by atoms with Gasteiger partial charge in [0.1, 0.15) is 5.69 Å². The smallest absolute Gasteiger partial charge is 0.274 e. The largest absolute Gasteiger partial charge is 0.395 e. The highest BCUT2D eigenvalue weighted by Crippen LogP contribution is 2.29. The summed E-state index contributed by atoms with van der Waals surface area (Å²) in [5.74, 6) is -0.556. The Morgan fingerprint density at radius 1 is 1.14 bits per heavy atom. The number of aromatic nitrogens is 3. The molecular weight excluding hydrogens is 370 g/mol. The second kappa shape index (κ2) is 8.52. The molecule has 4 rings (SSSR count). The number of rotatable bonds is 6. The van der Waals surface area contributed by atoms with Crippen molar-refractivity contribution in [3.05, 3.63) is 71.9 Å². The molecule has 1 fully saturated rings. The first kappa shape index (κ1) is 19.3. The number of nitrogens with zero attached hydrogens (tertiary/aromatic N) is 4. The van der Waals surface area contributed by atoms with Crippen molar-refractivity contribution in [3.63, 3.8) is 0 Å². The molecule has 29 heavy (non-hydrogen) atoms. The van der Waals surface area contributed by atoms with E-state index in [4.69, 9.17) is 5.21 Å². The summed E-state index contributed by atoms with van der Waals surface area (Å²) < 4.78 is 1.86. The molecule has 1 saturated heterocycles. The van der Waals surface area contributed by atoms with Crippen LogP contribution in [0, 0.1) is 0 Å². The minimum absolute atomic E-state index is 0.0872. The van der Waals surface area contributed by atoms with Crippen molar-refractivity contribution in [3.8, 4) is 11.3 Å². The number of amides is 1. The number of benzene rings is 2. The molecule has 2 aromatic carbocycles. The molecular formula is C21H23N5O3. The van der Waals surface area contributed by atoms with Gasteiger partial charge in [0.15, 0.2) is 0 Å². The fourth-order valence-corrected chi connectivity index (χ4v) is 3.80. The van der Waals surface area contributed by atoms with Gasteiger partial charge in [0.2, 0.25) is 0 Å². The topological polar surface area (TPSA) is 104 Å². The average Bonchev–Trinajstić information content (AvgIpc) is 3.41. The van der Waals surface area contributed by atoms with E-state index in [1.165, 1.54) is 5.56 Å². The van der Waals surface area contributed by atoms with Crippen LogP contribution in [0.3, 0.4) is 0 Å². The zero-order valence-electron chi connectivity index (χ0n) is 15.8. The summed E-state index contributed by atoms with van der Waals surface area (Å²) >= 11 is 0. The third kappa shape index (κ3) is 4.19. The second-order valence-corrected chi connectivity index (χ2v) is 7.24. The van der Waals surface area contributed by atoms with Crippen molar-refractivity contribution in [1.82, 2.24) is 25.4 Å². The maximum atomic E-state index is 11.4. The molecule has 0 unspecified atom stereocenters. The van der Waals surface area contributed by atoms with E-state index in [1.807, 2.05) is 29.1 Å². The summed E-state index contributed by atoms with van der Waals surface area (Å²) in [6, 6.07) is 17.2. The van der Waals surface area contributed by atoms with Gasteiger partial charge in [-0.15, -0.1) is 5.10 Å². The van der Waals surface area contributed by atoms with Crippen LogP contribution in [0.15, 0.2) is 60.8 Å². The van der Waals surface area contributed by atoms with E-state index >= 15 is 0 Å². The summed E-state index contributed by atoms with van der Waals surface area (Å²) in [7, 11) is 0. The average molecular weight is 393 g/mol. The lowest BCUT2D eigenvalue weighted by Gasteiger charge is -2.22. The van der Waals surface area contributed by atoms with Crippen LogP contribution in [0.1, 0.15) is 28.4 Å². The van der Waals surface area contributed by atoms with E-state index in [1.54, 1.807) is 29.7 Å². The molecule has 2 heterocycles. The summed E-state index contributed by atoms with van der Waals surface area (Å²) in [4.78, 5) is 13.7. The molecule has 0 saturated carbocycles. The predicted octanol–water partition coefficient (Wildman–Crippen LogP) is 1.87. The maximum Gasteiger partial charge on any atom is 0.274 e. The quantitative estimate of drug-likeness (QED) is 0.436. The van der Waals surface area contributed by atoms with E-state index in [9.17, 15) is 9.90 Å². The van der Waals surface area contributed by atoms with Gasteiger partial charge in [-0.05, 0) is 24.1 Å². The van der Waals surface area contributed by atoms with E-state index in [2.05, 4.69) is 27.3 Å². The summed E-state index contributed by atoms with van der Waals surface area (Å²) in [5, 5.41) is 27.1. The van der Waals surface area contributed by atoms with Crippen LogP contribution in [0.25, 0.3) is 11.3 Å². The number of likely N-dealkylation sites (tertiary alicyclic amines) is 1. The minimum Gasteiger partial charge on any atom is -0.395 e. The lowest BCUT2D eigenvalue weighted by Crippen LogP contribution is -2.31. The van der Waals surface area contributed by atoms with Gasteiger partial charge < -0.3 is 5.11 Å². The summed E-state index contributed by atoms with van der Waals surface area (Å²) in [6.45, 7) is 1.69. The van der Waals surface area contributed by atoms with Crippen molar-refractivity contribution in [1.29, 1.82) is 0 Å². The Hall–Kier alpha value is -3.07. The standard InChI is InChI=1S/C21H23N5O3/c27-14-19-10-18(12-25(19)11-15-4-2-1-3-5-15)26-13-20(22-24-26)16-6-8-17(9-7-16)21(28)23-29/h1-9,13,18-19,27,29H,10-12,14H2,(H,23,28)/t18-,19-/m0/s1. The van der Waals surface area contributed by atoms with E-state index < -0.39 is 5.91 Å². The van der Waals surface area contributed by atoms with Gasteiger partial charge in [-0.3, -0.25) is 14.9 Å². The Labute approximate surface area is 168 Å². The van der Waals surface area contributed by atoms with E-state index in [0.29, 0.717) is 11.3 Å². The van der Waals surface area contributed by atoms with Crippen LogP contribution < -0.4 is 5.48 Å². The molecule has 0 spiro atoms. The molecule has 3 aromatic rings. The molecule has 8 heteroatoms. The Morgan fingerprint density at radius 2 is 1.90 bits per heavy atom. The molecule has 0 aliphatic carbocycles. The third-order valence-electron chi connectivity index (χ3n) is 5.37. The van der Waals surface area contributed by atoms with E-state index in [-0.39, 0.29) is 18.7 Å². The zero-order valence-corrected chi connectivity index (χ0v) is 15.8. The van der Waals surface area contributed by atoms with Crippen molar-refractivity contribution in [2.24, 2.45) is 0 Å². The first-order valence-electron chi connectivity index (χ1n) is 9.53. The monoisotopic (exact) mass is 393 g/mol. The highest BCUT2D eigenvalue weighted by atomic mass is 16.5. The third-order valence-corrected chi connectivity index (χ3v) is 5.37. The molecule has 150 valence electrons. The van der Waals surface area contributed by atoms with Crippen LogP contribution in [0.4, 0.5) is 0 Å². The van der Waals surface area contributed by atoms with E-state index in [0.717, 1.165) is 25.1 Å². The number of nitrogens with one attached hydrogen (secondary N) is 1. The fourth-order valence-electron chi connectivity index (χ4n) is 3.80. The lowest BCUT2D eigenvalue weighted by molar-refractivity contribution is 0.0706. The number of hydrogen-bond donors (Lipinski definition) is 3. The SMILES string of the molecule is O=C(NO)c1ccc(-c2cn([C@H]3C[C@@H](CO)N(Cc4ccccc4)C3)nn2)cc1. The van der Waals surface area contributed by atoms with Gasteiger partial charge in [0, 0.05) is 30.3 Å². The summed E-state index contributed by atoms with van der Waals surface area (Å²) in [5.41, 5.74) is 4.75. The molecule has 3 N–H and O–H groups in total. The number of aliphatic hydroxyl groups excluding tert-OH is 1. The molecule has 0 radical (unpaired) electrons. The normalized spacial score (nSPS) is 19.4. The second-order valence-electron chi connectivity index (χ2n) is 7.24. The zero-order chi connectivity index (χ0) is 20.2. The highest BCUT2D eigenvalue weighted by molar-refractivity contribution is 5.93. The van der Waals surface area contributed by atoms with Gasteiger partial charge in [-0.2, -0.15) is 0 Å². The number of hydroxylamine groups is 1. The molecule has 1 amide bonds. The lowest BCUT2D eigenvalue weighted by atomic mass is 10.1. The van der Waals surface area contributed by atoms with Gasteiger partial charge in [-0.1, -0.05) is 47.7 Å². The maximum absolute atomic E-state index is 11.4. The van der Waals surface area contributed by atoms with Crippen LogP contribution in [0.2, 0.25) is 0 Å². The Morgan fingerprint density at radius 3 is 2.59 bits per heavy atom. The fraction of sp³-hybridized carbons (Fsp3) is 0.286. The molecule has 0 bridgehead atoms. The van der Waals surface area contributed by atoms with Crippen LogP contribution in [-0.2, 0) is 6.54 Å². The predicted molar refractivity (Wildman–Crippen MR) is 106 cm³/mol. The van der Waals surface area contributed by atoms with Crippen LogP contribution >= 0.6 is 0 Å². The Bertz CT molecular complexity index is 958. The first-order valence-corrected chi connectivity index (χ1v) is 9.53. The van der Waals surface area contributed by atoms with Gasteiger partial charge in [-0.25, -0.2) is 10.2 Å². The highest BCUT2D eigenvalue weighted by Gasteiger charge is 2.33. The van der Waals surface area contributed by atoms with Gasteiger partial charge in [0.25, 0.3) is 5.91 Å². The van der Waals surface area contributed by atoms with Crippen molar-refractivity contribution < 1.29 is 15.1 Å². The van der Waals surface area contributed by atoms with Crippen molar-refractivity contribution >= 4 is 5.91 Å². The van der Waals surface area contributed by atoms with Crippen LogP contribution in [-0.4, -0.2) is 55.3 Å². The molecule has 1 aliphatic rings. The molecule has 2 atom stereocenters. The number of carbonyl (C=O) groups is 1. The number of aliphatic hydroxyl groups is 1. The molecule has 8 nitrogen and oxygen atoms in total. The number of carbonyl (C=O) groups excluding carboxylic acids is 1. The summed E-state index contributed by atoms with van der Waals surface area (Å²) in [6.07, 6.45) is 2.70. The molecule has 1 aliphatic heterocycles. The first-order chi connectivity index (χ1) is 14.2. The number of hydrogen-bond acceptors (Lipinski definition) is 6. The van der Waals surface area contributed by atoms with Crippen LogP contribution in [0.5, 0.6) is 0 Å². The molecule has 1 aromatic heterocycles. The van der Waals surface area contributed by atoms with Gasteiger partial charge in [0.05, 0.1) is 18.8 Å². The van der Waals surface area contributed by atoms with Crippen molar-refractivity contribution in [2.75, 3.05) is 13.2 Å². The minimum atomic E-state index is -0.556.